The smallest absolute Gasteiger partial charge is 0.342 e. The van der Waals surface area contributed by atoms with Gasteiger partial charge in [-0.15, -0.1) is 11.3 Å². The van der Waals surface area contributed by atoms with Crippen LogP contribution >= 0.6 is 11.3 Å². The average molecular weight is 158 g/mol. The van der Waals surface area contributed by atoms with Gasteiger partial charge in [0.15, 0.2) is 5.06 Å². The first kappa shape index (κ1) is 7.08. The molecular formula is C6H6O3S. The molecule has 10 heavy (non-hydrogen) atoms. The standard InChI is InChI=1S/C6H6O3S/c1-9-5(7)4-2-3-10-6(4)8/h2-3,8H,1H3. The SMILES string of the molecule is COC(=O)c1ccsc1O. The normalized spacial score (nSPS) is 9.30. The van der Waals surface area contributed by atoms with Crippen LogP contribution in [0.25, 0.3) is 0 Å². The van der Waals surface area contributed by atoms with E-state index in [1.54, 1.807) is 5.38 Å². The summed E-state index contributed by atoms with van der Waals surface area (Å²) in [6.45, 7) is 0. The molecule has 1 aromatic heterocycles. The lowest BCUT2D eigenvalue weighted by Gasteiger charge is -1.93. The van der Waals surface area contributed by atoms with Crippen molar-refractivity contribution in [2.75, 3.05) is 7.11 Å². The molecule has 1 heterocycles. The van der Waals surface area contributed by atoms with Gasteiger partial charge in [0.2, 0.25) is 0 Å². The van der Waals surface area contributed by atoms with Crippen molar-refractivity contribution in [1.82, 2.24) is 0 Å². The Morgan fingerprint density at radius 1 is 1.80 bits per heavy atom. The Morgan fingerprint density at radius 2 is 2.50 bits per heavy atom. The van der Waals surface area contributed by atoms with Crippen LogP contribution in [0.3, 0.4) is 0 Å². The lowest BCUT2D eigenvalue weighted by Crippen LogP contribution is -1.98. The maximum absolute atomic E-state index is 10.7. The molecule has 0 bridgehead atoms. The number of methoxy groups -OCH3 is 1. The third kappa shape index (κ3) is 1.11. The van der Waals surface area contributed by atoms with E-state index in [1.165, 1.54) is 13.2 Å². The summed E-state index contributed by atoms with van der Waals surface area (Å²) in [4.78, 5) is 10.7. The summed E-state index contributed by atoms with van der Waals surface area (Å²) >= 11 is 1.10. The molecule has 0 saturated heterocycles. The van der Waals surface area contributed by atoms with Crippen LogP contribution in [0.1, 0.15) is 10.4 Å². The number of hydrogen-bond donors (Lipinski definition) is 1. The zero-order valence-corrected chi connectivity index (χ0v) is 6.14. The molecule has 0 aliphatic carbocycles. The number of esters is 1. The summed E-state index contributed by atoms with van der Waals surface area (Å²) in [7, 11) is 1.28. The van der Waals surface area contributed by atoms with Gasteiger partial charge in [0, 0.05) is 0 Å². The topological polar surface area (TPSA) is 46.5 Å². The maximum atomic E-state index is 10.7. The van der Waals surface area contributed by atoms with E-state index in [1.807, 2.05) is 0 Å². The van der Waals surface area contributed by atoms with E-state index in [2.05, 4.69) is 4.74 Å². The molecule has 0 radical (unpaired) electrons. The molecule has 0 fully saturated rings. The highest BCUT2D eigenvalue weighted by Gasteiger charge is 2.10. The summed E-state index contributed by atoms with van der Waals surface area (Å²) in [5.74, 6) is -0.501. The summed E-state index contributed by atoms with van der Waals surface area (Å²) < 4.78 is 4.38. The summed E-state index contributed by atoms with van der Waals surface area (Å²) in [5.41, 5.74) is 0.229. The molecule has 1 rings (SSSR count). The van der Waals surface area contributed by atoms with Crippen LogP contribution in [0, 0.1) is 0 Å². The molecule has 3 nitrogen and oxygen atoms in total. The summed E-state index contributed by atoms with van der Waals surface area (Å²) in [6.07, 6.45) is 0. The zero-order valence-electron chi connectivity index (χ0n) is 5.33. The van der Waals surface area contributed by atoms with Crippen LogP contribution < -0.4 is 0 Å². The van der Waals surface area contributed by atoms with E-state index in [0.717, 1.165) is 11.3 Å². The zero-order chi connectivity index (χ0) is 7.56. The van der Waals surface area contributed by atoms with E-state index in [-0.39, 0.29) is 10.6 Å². The molecule has 1 N–H and O–H groups in total. The van der Waals surface area contributed by atoms with Crippen molar-refractivity contribution in [1.29, 1.82) is 0 Å². The van der Waals surface area contributed by atoms with Crippen LogP contribution in [0.15, 0.2) is 11.4 Å². The third-order valence-electron chi connectivity index (χ3n) is 1.05. The average Bonchev–Trinajstić information content (AvgIpc) is 2.34. The van der Waals surface area contributed by atoms with E-state index in [0.29, 0.717) is 0 Å². The van der Waals surface area contributed by atoms with Crippen molar-refractivity contribution in [3.05, 3.63) is 17.0 Å². The fourth-order valence-electron chi connectivity index (χ4n) is 0.567. The van der Waals surface area contributed by atoms with Gasteiger partial charge in [-0.3, -0.25) is 0 Å². The first-order valence-corrected chi connectivity index (χ1v) is 3.48. The monoisotopic (exact) mass is 158 g/mol. The van der Waals surface area contributed by atoms with E-state index in [4.69, 9.17) is 5.11 Å². The fraction of sp³-hybridized carbons (Fsp3) is 0.167. The van der Waals surface area contributed by atoms with Gasteiger partial charge >= 0.3 is 5.97 Å². The molecule has 0 saturated carbocycles. The molecule has 1 aromatic rings. The minimum Gasteiger partial charge on any atom is -0.499 e. The first-order valence-electron chi connectivity index (χ1n) is 2.60. The van der Waals surface area contributed by atoms with Crippen molar-refractivity contribution in [2.24, 2.45) is 0 Å². The Hall–Kier alpha value is -1.03. The third-order valence-corrected chi connectivity index (χ3v) is 1.77. The molecule has 0 aromatic carbocycles. The molecule has 54 valence electrons. The number of rotatable bonds is 1. The van der Waals surface area contributed by atoms with E-state index >= 15 is 0 Å². The fourth-order valence-corrected chi connectivity index (χ4v) is 1.18. The molecule has 0 amide bonds. The van der Waals surface area contributed by atoms with Crippen molar-refractivity contribution in [2.45, 2.75) is 0 Å². The molecule has 0 atom stereocenters. The Morgan fingerprint density at radius 3 is 2.90 bits per heavy atom. The number of ether oxygens (including phenoxy) is 1. The van der Waals surface area contributed by atoms with E-state index < -0.39 is 5.97 Å². The Labute approximate surface area is 61.9 Å². The van der Waals surface area contributed by atoms with Gasteiger partial charge in [-0.25, -0.2) is 4.79 Å². The highest BCUT2D eigenvalue weighted by Crippen LogP contribution is 2.24. The van der Waals surface area contributed by atoms with Crippen LogP contribution in [0.5, 0.6) is 5.06 Å². The van der Waals surface area contributed by atoms with Crippen molar-refractivity contribution >= 4 is 17.3 Å². The highest BCUT2D eigenvalue weighted by molar-refractivity contribution is 7.12. The lowest BCUT2D eigenvalue weighted by atomic mass is 10.3. The predicted octanol–water partition coefficient (Wildman–Crippen LogP) is 1.24. The Balaban J connectivity index is 2.93. The highest BCUT2D eigenvalue weighted by atomic mass is 32.1. The second-order valence-corrected chi connectivity index (χ2v) is 2.53. The van der Waals surface area contributed by atoms with Gasteiger partial charge < -0.3 is 9.84 Å². The van der Waals surface area contributed by atoms with Gasteiger partial charge in [0.25, 0.3) is 0 Å². The molecule has 0 unspecified atom stereocenters. The summed E-state index contributed by atoms with van der Waals surface area (Å²) in [5, 5.41) is 10.6. The molecule has 0 spiro atoms. The maximum Gasteiger partial charge on any atom is 0.342 e. The van der Waals surface area contributed by atoms with Crippen molar-refractivity contribution < 1.29 is 14.6 Å². The second-order valence-electron chi connectivity index (χ2n) is 1.63. The Kier molecular flexibility index (Phi) is 1.91. The minimum absolute atomic E-state index is 0.00634. The molecule has 0 aliphatic rings. The first-order chi connectivity index (χ1) is 4.75. The van der Waals surface area contributed by atoms with Gasteiger partial charge in [-0.05, 0) is 11.4 Å². The molecule has 0 aliphatic heterocycles. The lowest BCUT2D eigenvalue weighted by molar-refractivity contribution is 0.0598. The van der Waals surface area contributed by atoms with Crippen LogP contribution in [0.4, 0.5) is 0 Å². The van der Waals surface area contributed by atoms with Crippen LogP contribution in [-0.2, 0) is 4.74 Å². The van der Waals surface area contributed by atoms with Gasteiger partial charge in [0.1, 0.15) is 5.56 Å². The van der Waals surface area contributed by atoms with E-state index in [9.17, 15) is 4.79 Å². The second kappa shape index (κ2) is 2.70. The van der Waals surface area contributed by atoms with Gasteiger partial charge in [-0.2, -0.15) is 0 Å². The summed E-state index contributed by atoms with van der Waals surface area (Å²) in [6, 6.07) is 1.52. The van der Waals surface area contributed by atoms with Gasteiger partial charge in [0.05, 0.1) is 7.11 Å². The number of aromatic hydroxyl groups is 1. The predicted molar refractivity (Wildman–Crippen MR) is 37.3 cm³/mol. The van der Waals surface area contributed by atoms with Crippen LogP contribution in [0.2, 0.25) is 0 Å². The van der Waals surface area contributed by atoms with Crippen LogP contribution in [-0.4, -0.2) is 18.2 Å². The number of carbonyl (C=O) groups excluding carboxylic acids is 1. The van der Waals surface area contributed by atoms with Crippen molar-refractivity contribution in [3.63, 3.8) is 0 Å². The number of carbonyl (C=O) groups is 1. The van der Waals surface area contributed by atoms with Crippen molar-refractivity contribution in [3.8, 4) is 5.06 Å². The molecule has 4 heteroatoms. The quantitative estimate of drug-likeness (QED) is 0.625. The van der Waals surface area contributed by atoms with Gasteiger partial charge in [-0.1, -0.05) is 0 Å². The largest absolute Gasteiger partial charge is 0.499 e. The Bertz CT molecular complexity index is 241. The molecular weight excluding hydrogens is 152 g/mol. The minimum atomic E-state index is -0.501. The number of thiophene rings is 1. The number of hydrogen-bond acceptors (Lipinski definition) is 4.